The Balaban J connectivity index is 2.12. The van der Waals surface area contributed by atoms with Gasteiger partial charge in [0.25, 0.3) is 0 Å². The van der Waals surface area contributed by atoms with Gasteiger partial charge in [-0.1, -0.05) is 5.21 Å². The molecule has 0 spiro atoms. The Morgan fingerprint density at radius 1 is 1.37 bits per heavy atom. The van der Waals surface area contributed by atoms with Crippen LogP contribution >= 0.6 is 0 Å². The highest BCUT2D eigenvalue weighted by molar-refractivity contribution is 5.75. The molecule has 0 bridgehead atoms. The number of nitrogens with two attached hydrogens (primary N) is 1. The molecule has 0 aliphatic heterocycles. The first-order valence-corrected chi connectivity index (χ1v) is 6.25. The van der Waals surface area contributed by atoms with E-state index >= 15 is 0 Å². The number of fused-ring (bicyclic) bond motifs is 1. The molecule has 3 aromatic heterocycles. The molecule has 2 N–H and O–H groups in total. The van der Waals surface area contributed by atoms with Crippen molar-refractivity contribution in [2.75, 3.05) is 6.54 Å². The minimum absolute atomic E-state index is 0.536. The third kappa shape index (κ3) is 1.97. The molecule has 0 aromatic carbocycles. The first-order valence-electron chi connectivity index (χ1n) is 6.25. The number of imidazole rings is 1. The minimum Gasteiger partial charge on any atom is -0.329 e. The lowest BCUT2D eigenvalue weighted by Gasteiger charge is -2.01. The van der Waals surface area contributed by atoms with Gasteiger partial charge in [0, 0.05) is 19.3 Å². The number of aryl methyl sites for hydroxylation is 1. The summed E-state index contributed by atoms with van der Waals surface area (Å²) < 4.78 is 3.76. The first-order chi connectivity index (χ1) is 9.33. The van der Waals surface area contributed by atoms with Crippen LogP contribution in [0.2, 0.25) is 0 Å². The fraction of sp³-hybridized carbons (Fsp3) is 0.333. The van der Waals surface area contributed by atoms with Crippen molar-refractivity contribution in [3.8, 4) is 11.5 Å². The van der Waals surface area contributed by atoms with E-state index in [4.69, 9.17) is 5.73 Å². The lowest BCUT2D eigenvalue weighted by Crippen LogP contribution is -2.10. The second kappa shape index (κ2) is 4.77. The summed E-state index contributed by atoms with van der Waals surface area (Å²) >= 11 is 0. The van der Waals surface area contributed by atoms with Crippen molar-refractivity contribution in [1.82, 2.24) is 29.5 Å². The zero-order valence-electron chi connectivity index (χ0n) is 10.7. The third-order valence-electron chi connectivity index (χ3n) is 2.95. The van der Waals surface area contributed by atoms with Gasteiger partial charge in [0.1, 0.15) is 11.2 Å². The number of rotatable bonds is 4. The van der Waals surface area contributed by atoms with Gasteiger partial charge < -0.3 is 10.3 Å². The van der Waals surface area contributed by atoms with E-state index in [1.807, 2.05) is 22.9 Å². The summed E-state index contributed by atoms with van der Waals surface area (Å²) in [5, 5.41) is 8.20. The Kier molecular flexibility index (Phi) is 2.96. The molecule has 0 saturated carbocycles. The maximum Gasteiger partial charge on any atom is 0.164 e. The van der Waals surface area contributed by atoms with E-state index in [0.29, 0.717) is 13.1 Å². The van der Waals surface area contributed by atoms with Gasteiger partial charge in [-0.25, -0.2) is 9.97 Å². The molecule has 98 valence electrons. The van der Waals surface area contributed by atoms with E-state index in [-0.39, 0.29) is 0 Å². The smallest absolute Gasteiger partial charge is 0.164 e. The summed E-state index contributed by atoms with van der Waals surface area (Å²) in [6, 6.07) is 3.83. The first kappa shape index (κ1) is 11.8. The maximum atomic E-state index is 5.51. The zero-order chi connectivity index (χ0) is 13.2. The van der Waals surface area contributed by atoms with Gasteiger partial charge in [-0.15, -0.1) is 5.10 Å². The third-order valence-corrected chi connectivity index (χ3v) is 2.95. The van der Waals surface area contributed by atoms with Crippen LogP contribution in [0.3, 0.4) is 0 Å². The minimum atomic E-state index is 0.536. The number of nitrogens with zero attached hydrogens (tertiary/aromatic N) is 6. The van der Waals surface area contributed by atoms with Crippen LogP contribution < -0.4 is 5.73 Å². The summed E-state index contributed by atoms with van der Waals surface area (Å²) in [5.74, 6) is 0.791. The monoisotopic (exact) mass is 257 g/mol. The topological polar surface area (TPSA) is 87.4 Å². The zero-order valence-corrected chi connectivity index (χ0v) is 10.7. The number of aromatic nitrogens is 6. The Bertz CT molecular complexity index is 697. The van der Waals surface area contributed by atoms with E-state index in [0.717, 1.165) is 29.2 Å². The summed E-state index contributed by atoms with van der Waals surface area (Å²) in [6.45, 7) is 4.03. The van der Waals surface area contributed by atoms with Gasteiger partial charge in [0.15, 0.2) is 11.5 Å². The van der Waals surface area contributed by atoms with Gasteiger partial charge in [-0.3, -0.25) is 4.68 Å². The molecular formula is C12H15N7. The highest BCUT2D eigenvalue weighted by Gasteiger charge is 2.14. The van der Waals surface area contributed by atoms with Crippen molar-refractivity contribution in [3.05, 3.63) is 24.5 Å². The van der Waals surface area contributed by atoms with Crippen molar-refractivity contribution < 1.29 is 0 Å². The fourth-order valence-electron chi connectivity index (χ4n) is 2.10. The van der Waals surface area contributed by atoms with Gasteiger partial charge >= 0.3 is 0 Å². The van der Waals surface area contributed by atoms with Crippen LogP contribution in [0.5, 0.6) is 0 Å². The van der Waals surface area contributed by atoms with Crippen LogP contribution in [-0.2, 0) is 13.1 Å². The van der Waals surface area contributed by atoms with Crippen molar-refractivity contribution in [1.29, 1.82) is 0 Å². The van der Waals surface area contributed by atoms with Crippen LogP contribution in [0.4, 0.5) is 0 Å². The Hall–Kier alpha value is -2.28. The van der Waals surface area contributed by atoms with Gasteiger partial charge in [-0.2, -0.15) is 0 Å². The van der Waals surface area contributed by atoms with E-state index < -0.39 is 0 Å². The number of hydrogen-bond acceptors (Lipinski definition) is 5. The van der Waals surface area contributed by atoms with Crippen LogP contribution in [0, 0.1) is 0 Å². The molecule has 3 heterocycles. The molecule has 3 aromatic rings. The highest BCUT2D eigenvalue weighted by atomic mass is 15.4. The molecule has 0 unspecified atom stereocenters. The molecule has 0 saturated heterocycles. The molecule has 0 atom stereocenters. The molecule has 3 rings (SSSR count). The molecule has 0 aliphatic rings. The second-order valence-corrected chi connectivity index (χ2v) is 4.18. The standard InChI is InChI=1S/C12H15N7/c1-2-19-11-9(4-3-6-14-11)15-12(19)10-8-18(7-5-13)17-16-10/h3-4,6,8H,2,5,7,13H2,1H3. The van der Waals surface area contributed by atoms with Crippen molar-refractivity contribution in [2.45, 2.75) is 20.0 Å². The number of pyridine rings is 1. The number of hydrogen-bond donors (Lipinski definition) is 1. The molecule has 7 heteroatoms. The van der Waals surface area contributed by atoms with Crippen LogP contribution in [-0.4, -0.2) is 36.1 Å². The SMILES string of the molecule is CCn1c(-c2cn(CCN)nn2)nc2cccnc21. The van der Waals surface area contributed by atoms with Gasteiger partial charge in [0.2, 0.25) is 0 Å². The normalized spacial score (nSPS) is 11.3. The summed E-state index contributed by atoms with van der Waals surface area (Å²) in [7, 11) is 0. The molecular weight excluding hydrogens is 242 g/mol. The highest BCUT2D eigenvalue weighted by Crippen LogP contribution is 2.21. The van der Waals surface area contributed by atoms with E-state index in [1.54, 1.807) is 10.9 Å². The van der Waals surface area contributed by atoms with E-state index in [9.17, 15) is 0 Å². The largest absolute Gasteiger partial charge is 0.329 e. The average molecular weight is 257 g/mol. The van der Waals surface area contributed by atoms with E-state index in [2.05, 4.69) is 27.2 Å². The molecule has 7 nitrogen and oxygen atoms in total. The lowest BCUT2D eigenvalue weighted by molar-refractivity contribution is 0.598. The summed E-state index contributed by atoms with van der Waals surface area (Å²) in [4.78, 5) is 8.95. The van der Waals surface area contributed by atoms with E-state index in [1.165, 1.54) is 0 Å². The summed E-state index contributed by atoms with van der Waals surface area (Å²) in [6.07, 6.45) is 3.63. The van der Waals surface area contributed by atoms with Crippen LogP contribution in [0.25, 0.3) is 22.7 Å². The van der Waals surface area contributed by atoms with Gasteiger partial charge in [0.05, 0.1) is 12.7 Å². The van der Waals surface area contributed by atoms with Crippen molar-refractivity contribution in [3.63, 3.8) is 0 Å². The molecule has 0 amide bonds. The van der Waals surface area contributed by atoms with Crippen LogP contribution in [0.1, 0.15) is 6.92 Å². The van der Waals surface area contributed by atoms with Crippen molar-refractivity contribution in [2.24, 2.45) is 5.73 Å². The molecule has 0 fully saturated rings. The molecule has 0 aliphatic carbocycles. The fourth-order valence-corrected chi connectivity index (χ4v) is 2.10. The quantitative estimate of drug-likeness (QED) is 0.742. The molecule has 19 heavy (non-hydrogen) atoms. The van der Waals surface area contributed by atoms with Gasteiger partial charge in [-0.05, 0) is 19.1 Å². The Labute approximate surface area is 110 Å². The molecule has 0 radical (unpaired) electrons. The van der Waals surface area contributed by atoms with Crippen molar-refractivity contribution >= 4 is 11.2 Å². The second-order valence-electron chi connectivity index (χ2n) is 4.18. The summed E-state index contributed by atoms with van der Waals surface area (Å²) in [5.41, 5.74) is 7.99. The predicted molar refractivity (Wildman–Crippen MR) is 71.3 cm³/mol. The Morgan fingerprint density at radius 3 is 3.05 bits per heavy atom. The average Bonchev–Trinajstić information content (AvgIpc) is 3.02. The Morgan fingerprint density at radius 2 is 2.26 bits per heavy atom. The maximum absolute atomic E-state index is 5.51. The predicted octanol–water partition coefficient (Wildman–Crippen LogP) is 0.668. The van der Waals surface area contributed by atoms with Crippen LogP contribution in [0.15, 0.2) is 24.5 Å². The lowest BCUT2D eigenvalue weighted by atomic mass is 10.4.